The lowest BCUT2D eigenvalue weighted by Crippen LogP contribution is -2.29. The van der Waals surface area contributed by atoms with Crippen molar-refractivity contribution in [2.75, 3.05) is 17.2 Å². The summed E-state index contributed by atoms with van der Waals surface area (Å²) < 4.78 is 13.9. The van der Waals surface area contributed by atoms with Gasteiger partial charge in [-0.1, -0.05) is 23.7 Å². The molecular weight excluding hydrogens is 275 g/mol. The SMILES string of the molecule is Nc1ccc2c(c1)N(Cc1c(F)cccc1Cl)CCC2. The Bertz CT molecular complexity index is 622. The largest absolute Gasteiger partial charge is 0.399 e. The Labute approximate surface area is 123 Å². The highest BCUT2D eigenvalue weighted by atomic mass is 35.5. The highest BCUT2D eigenvalue weighted by Crippen LogP contribution is 2.32. The Morgan fingerprint density at radius 2 is 2.10 bits per heavy atom. The summed E-state index contributed by atoms with van der Waals surface area (Å²) in [5.41, 5.74) is 9.50. The number of fused-ring (bicyclic) bond motifs is 1. The van der Waals surface area contributed by atoms with Crippen LogP contribution in [0.5, 0.6) is 0 Å². The number of aryl methyl sites for hydroxylation is 1. The molecule has 0 fully saturated rings. The fourth-order valence-corrected chi connectivity index (χ4v) is 2.93. The number of nitrogens with zero attached hydrogens (tertiary/aromatic N) is 1. The number of hydrogen-bond donors (Lipinski definition) is 1. The van der Waals surface area contributed by atoms with Crippen LogP contribution < -0.4 is 10.6 Å². The third-order valence-electron chi connectivity index (χ3n) is 3.73. The molecule has 0 saturated heterocycles. The summed E-state index contributed by atoms with van der Waals surface area (Å²) in [5, 5.41) is 0.473. The van der Waals surface area contributed by atoms with E-state index in [2.05, 4.69) is 11.0 Å². The Kier molecular flexibility index (Phi) is 3.53. The van der Waals surface area contributed by atoms with Crippen LogP contribution in [0.1, 0.15) is 17.5 Å². The molecule has 104 valence electrons. The molecule has 3 rings (SSSR count). The van der Waals surface area contributed by atoms with Gasteiger partial charge in [-0.3, -0.25) is 0 Å². The van der Waals surface area contributed by atoms with E-state index in [4.69, 9.17) is 17.3 Å². The second-order valence-electron chi connectivity index (χ2n) is 5.11. The molecule has 1 aliphatic rings. The molecule has 0 bridgehead atoms. The lowest BCUT2D eigenvalue weighted by molar-refractivity contribution is 0.598. The average Bonchev–Trinajstić information content (AvgIpc) is 2.43. The van der Waals surface area contributed by atoms with Crippen molar-refractivity contribution in [2.45, 2.75) is 19.4 Å². The number of anilines is 2. The van der Waals surface area contributed by atoms with Crippen LogP contribution in [0, 0.1) is 5.82 Å². The van der Waals surface area contributed by atoms with Gasteiger partial charge in [0.05, 0.1) is 0 Å². The summed E-state index contributed by atoms with van der Waals surface area (Å²) >= 11 is 6.12. The number of rotatable bonds is 2. The zero-order valence-corrected chi connectivity index (χ0v) is 11.8. The van der Waals surface area contributed by atoms with Crippen LogP contribution in [-0.2, 0) is 13.0 Å². The van der Waals surface area contributed by atoms with Crippen molar-refractivity contribution < 1.29 is 4.39 Å². The first-order valence-electron chi connectivity index (χ1n) is 6.71. The Morgan fingerprint density at radius 3 is 2.90 bits per heavy atom. The van der Waals surface area contributed by atoms with E-state index in [0.29, 0.717) is 17.1 Å². The molecule has 0 aromatic heterocycles. The smallest absolute Gasteiger partial charge is 0.129 e. The van der Waals surface area contributed by atoms with E-state index < -0.39 is 0 Å². The van der Waals surface area contributed by atoms with Crippen LogP contribution in [0.2, 0.25) is 5.02 Å². The monoisotopic (exact) mass is 290 g/mol. The quantitative estimate of drug-likeness (QED) is 0.847. The Morgan fingerprint density at radius 1 is 1.25 bits per heavy atom. The first-order chi connectivity index (χ1) is 9.65. The maximum Gasteiger partial charge on any atom is 0.129 e. The van der Waals surface area contributed by atoms with E-state index in [1.165, 1.54) is 11.6 Å². The topological polar surface area (TPSA) is 29.3 Å². The zero-order chi connectivity index (χ0) is 14.1. The molecule has 4 heteroatoms. The minimum absolute atomic E-state index is 0.256. The van der Waals surface area contributed by atoms with Crippen molar-refractivity contribution >= 4 is 23.0 Å². The molecule has 0 radical (unpaired) electrons. The van der Waals surface area contributed by atoms with Crippen LogP contribution in [0.15, 0.2) is 36.4 Å². The van der Waals surface area contributed by atoms with Gasteiger partial charge in [-0.2, -0.15) is 0 Å². The maximum atomic E-state index is 13.9. The van der Waals surface area contributed by atoms with E-state index in [0.717, 1.165) is 30.8 Å². The first kappa shape index (κ1) is 13.3. The summed E-state index contributed by atoms with van der Waals surface area (Å²) in [4.78, 5) is 2.15. The zero-order valence-electron chi connectivity index (χ0n) is 11.1. The summed E-state index contributed by atoms with van der Waals surface area (Å²) in [7, 11) is 0. The van der Waals surface area contributed by atoms with E-state index >= 15 is 0 Å². The van der Waals surface area contributed by atoms with Crippen molar-refractivity contribution in [3.63, 3.8) is 0 Å². The number of nitrogen functional groups attached to an aromatic ring is 1. The van der Waals surface area contributed by atoms with Crippen molar-refractivity contribution in [3.05, 3.63) is 58.4 Å². The Balaban J connectivity index is 1.95. The number of hydrogen-bond acceptors (Lipinski definition) is 2. The molecule has 0 aliphatic carbocycles. The van der Waals surface area contributed by atoms with Crippen LogP contribution in [0.25, 0.3) is 0 Å². The van der Waals surface area contributed by atoms with E-state index in [1.807, 2.05) is 12.1 Å². The molecule has 2 aromatic carbocycles. The molecule has 20 heavy (non-hydrogen) atoms. The van der Waals surface area contributed by atoms with Crippen molar-refractivity contribution in [3.8, 4) is 0 Å². The molecule has 1 heterocycles. The summed E-state index contributed by atoms with van der Waals surface area (Å²) in [6.45, 7) is 1.36. The minimum Gasteiger partial charge on any atom is -0.399 e. The lowest BCUT2D eigenvalue weighted by atomic mass is 10.0. The highest BCUT2D eigenvalue weighted by Gasteiger charge is 2.19. The first-order valence-corrected chi connectivity index (χ1v) is 7.09. The second-order valence-corrected chi connectivity index (χ2v) is 5.52. The number of halogens is 2. The minimum atomic E-state index is -0.256. The summed E-state index contributed by atoms with van der Waals surface area (Å²) in [6, 6.07) is 10.7. The fourth-order valence-electron chi connectivity index (χ4n) is 2.71. The van der Waals surface area contributed by atoms with E-state index in [-0.39, 0.29) is 5.82 Å². The predicted octanol–water partition coefficient (Wildman–Crippen LogP) is 4.01. The van der Waals surface area contributed by atoms with Crippen molar-refractivity contribution in [1.82, 2.24) is 0 Å². The van der Waals surface area contributed by atoms with Gasteiger partial charge < -0.3 is 10.6 Å². The standard InChI is InChI=1S/C16H16ClFN2/c17-14-4-1-5-15(18)13(14)10-20-8-2-3-11-6-7-12(19)9-16(11)20/h1,4-7,9H,2-3,8,10,19H2. The summed E-state index contributed by atoms with van der Waals surface area (Å²) in [6.07, 6.45) is 2.10. The fraction of sp³-hybridized carbons (Fsp3) is 0.250. The van der Waals surface area contributed by atoms with Crippen molar-refractivity contribution in [2.24, 2.45) is 0 Å². The van der Waals surface area contributed by atoms with Crippen LogP contribution in [0.4, 0.5) is 15.8 Å². The average molecular weight is 291 g/mol. The van der Waals surface area contributed by atoms with Gasteiger partial charge in [0.1, 0.15) is 5.82 Å². The molecule has 0 spiro atoms. The number of benzene rings is 2. The van der Waals surface area contributed by atoms with E-state index in [1.54, 1.807) is 12.1 Å². The second kappa shape index (κ2) is 5.33. The number of nitrogens with two attached hydrogens (primary N) is 1. The van der Waals surface area contributed by atoms with Crippen LogP contribution >= 0.6 is 11.6 Å². The third-order valence-corrected chi connectivity index (χ3v) is 4.09. The van der Waals surface area contributed by atoms with Gasteiger partial charge in [0.2, 0.25) is 0 Å². The molecule has 2 aromatic rings. The highest BCUT2D eigenvalue weighted by molar-refractivity contribution is 6.31. The lowest BCUT2D eigenvalue weighted by Gasteiger charge is -2.32. The molecule has 2 nitrogen and oxygen atoms in total. The van der Waals surface area contributed by atoms with Crippen molar-refractivity contribution in [1.29, 1.82) is 0 Å². The van der Waals surface area contributed by atoms with Crippen LogP contribution in [-0.4, -0.2) is 6.54 Å². The Hall–Kier alpha value is -1.74. The molecule has 0 saturated carbocycles. The molecule has 0 atom stereocenters. The van der Waals surface area contributed by atoms with Gasteiger partial charge in [0.15, 0.2) is 0 Å². The maximum absolute atomic E-state index is 13.9. The molecule has 0 amide bonds. The third kappa shape index (κ3) is 2.46. The van der Waals surface area contributed by atoms with Gasteiger partial charge in [0, 0.05) is 35.1 Å². The predicted molar refractivity (Wildman–Crippen MR) is 81.6 cm³/mol. The van der Waals surface area contributed by atoms with Crippen LogP contribution in [0.3, 0.4) is 0 Å². The van der Waals surface area contributed by atoms with E-state index in [9.17, 15) is 4.39 Å². The van der Waals surface area contributed by atoms with Gasteiger partial charge in [0.25, 0.3) is 0 Å². The molecular formula is C16H16ClFN2. The molecule has 0 unspecified atom stereocenters. The normalized spacial score (nSPS) is 14.2. The van der Waals surface area contributed by atoms with Gasteiger partial charge >= 0.3 is 0 Å². The van der Waals surface area contributed by atoms with Gasteiger partial charge in [-0.25, -0.2) is 4.39 Å². The van der Waals surface area contributed by atoms with Gasteiger partial charge in [-0.15, -0.1) is 0 Å². The van der Waals surface area contributed by atoms with Gasteiger partial charge in [-0.05, 0) is 42.7 Å². The molecule has 2 N–H and O–H groups in total. The molecule has 1 aliphatic heterocycles. The summed E-state index contributed by atoms with van der Waals surface area (Å²) in [5.74, 6) is -0.256.